The number of hydrogen-bond donors (Lipinski definition) is 4. The number of para-hydroxylation sites is 2. The summed E-state index contributed by atoms with van der Waals surface area (Å²) < 4.78 is 9.45. The number of imidazole rings is 1. The first-order chi connectivity index (χ1) is 29.6. The summed E-state index contributed by atoms with van der Waals surface area (Å²) in [6.07, 6.45) is 7.20. The van der Waals surface area contributed by atoms with Crippen LogP contribution in [0.15, 0.2) is 65.5 Å². The Kier molecular flexibility index (Phi) is 14.9. The van der Waals surface area contributed by atoms with E-state index in [1.165, 1.54) is 10.1 Å². The molecule has 0 bridgehead atoms. The van der Waals surface area contributed by atoms with Gasteiger partial charge in [-0.1, -0.05) is 61.0 Å². The lowest BCUT2D eigenvalue weighted by atomic mass is 9.89. The smallest absolute Gasteiger partial charge is 0.329 e. The molecule has 1 aromatic heterocycles. The highest BCUT2D eigenvalue weighted by Gasteiger charge is 2.43. The molecule has 330 valence electrons. The van der Waals surface area contributed by atoms with Crippen LogP contribution in [0.5, 0.6) is 0 Å². The number of nitrogens with zero attached hydrogens (tertiary/aromatic N) is 3. The summed E-state index contributed by atoms with van der Waals surface area (Å²) in [4.78, 5) is 87.4. The summed E-state index contributed by atoms with van der Waals surface area (Å²) in [7, 11) is 1.73. The number of hydrogen-bond acceptors (Lipinski definition) is 9. The molecule has 3 aliphatic rings. The van der Waals surface area contributed by atoms with Crippen LogP contribution in [0.2, 0.25) is 0 Å². The largest absolute Gasteiger partial charge is 0.481 e. The number of fused-ring (bicyclic) bond motifs is 1. The molecule has 3 aromatic carbocycles. The fourth-order valence-corrected chi connectivity index (χ4v) is 9.07. The highest BCUT2D eigenvalue weighted by atomic mass is 16.5. The van der Waals surface area contributed by atoms with Gasteiger partial charge in [0.2, 0.25) is 23.6 Å². The van der Waals surface area contributed by atoms with Gasteiger partial charge in [-0.3, -0.25) is 48.1 Å². The molecule has 0 aliphatic carbocycles. The van der Waals surface area contributed by atoms with E-state index in [0.29, 0.717) is 44.2 Å². The van der Waals surface area contributed by atoms with Crippen molar-refractivity contribution in [2.24, 2.45) is 24.4 Å². The van der Waals surface area contributed by atoms with Crippen LogP contribution in [0.4, 0.5) is 5.69 Å². The molecular weight excluding hydrogens is 793 g/mol. The van der Waals surface area contributed by atoms with Crippen molar-refractivity contribution in [3.05, 3.63) is 99.0 Å². The van der Waals surface area contributed by atoms with Crippen LogP contribution >= 0.6 is 0 Å². The number of carbonyl (C=O) groups excluding carboxylic acids is 5. The molecule has 6 N–H and O–H groups in total. The number of aryl methyl sites for hydroxylation is 4. The SMILES string of the molecule is CC(=O)O.C[C@@H](OCc1ccc(CCCCCc2cccc3c2n(C)c(=O)n3C2CCC(=O)NC2=O)cc1)[C@H](CCC(N)=O)CC(=O)[C@@H]1Cc2cccc3c2N1C(=O)[C@@H](N)CC3. The quantitative estimate of drug-likeness (QED) is 0.0868. The van der Waals surface area contributed by atoms with E-state index in [2.05, 4.69) is 29.6 Å². The Bertz CT molecular complexity index is 2380. The number of amides is 4. The molecule has 0 saturated carbocycles. The lowest BCUT2D eigenvalue weighted by molar-refractivity contribution is -0.136. The van der Waals surface area contributed by atoms with Crippen molar-refractivity contribution in [3.8, 4) is 0 Å². The molecule has 15 heteroatoms. The number of benzene rings is 3. The zero-order valence-electron chi connectivity index (χ0n) is 35.8. The van der Waals surface area contributed by atoms with Crippen molar-refractivity contribution in [2.75, 3.05) is 4.90 Å². The summed E-state index contributed by atoms with van der Waals surface area (Å²) in [5.41, 5.74) is 19.2. The molecule has 1 fully saturated rings. The molecule has 0 spiro atoms. The van der Waals surface area contributed by atoms with Crippen molar-refractivity contribution >= 4 is 52.1 Å². The molecule has 4 heterocycles. The predicted octanol–water partition coefficient (Wildman–Crippen LogP) is 4.34. The summed E-state index contributed by atoms with van der Waals surface area (Å²) >= 11 is 0. The topological polar surface area (TPSA) is 226 Å². The van der Waals surface area contributed by atoms with Crippen LogP contribution < -0.4 is 27.4 Å². The molecule has 7 rings (SSSR count). The second-order valence-electron chi connectivity index (χ2n) is 16.8. The summed E-state index contributed by atoms with van der Waals surface area (Å²) in [5, 5.41) is 9.78. The Balaban J connectivity index is 0.00000154. The minimum atomic E-state index is -0.833. The third kappa shape index (κ3) is 10.6. The van der Waals surface area contributed by atoms with E-state index in [1.54, 1.807) is 16.5 Å². The van der Waals surface area contributed by atoms with E-state index >= 15 is 0 Å². The van der Waals surface area contributed by atoms with Gasteiger partial charge in [-0.15, -0.1) is 0 Å². The van der Waals surface area contributed by atoms with Crippen LogP contribution in [0.3, 0.4) is 0 Å². The van der Waals surface area contributed by atoms with E-state index in [4.69, 9.17) is 26.1 Å². The molecule has 15 nitrogen and oxygen atoms in total. The van der Waals surface area contributed by atoms with Crippen molar-refractivity contribution < 1.29 is 38.6 Å². The number of ether oxygens (including phenoxy) is 1. The predicted molar refractivity (Wildman–Crippen MR) is 233 cm³/mol. The number of unbranched alkanes of at least 4 members (excludes halogenated alkanes) is 2. The number of anilines is 1. The van der Waals surface area contributed by atoms with Gasteiger partial charge in [0.25, 0.3) is 5.97 Å². The number of carboxylic acid groups (broad SMARTS) is 1. The molecule has 5 atom stereocenters. The van der Waals surface area contributed by atoms with Crippen LogP contribution in [-0.4, -0.2) is 67.8 Å². The van der Waals surface area contributed by atoms with E-state index in [-0.39, 0.29) is 54.6 Å². The first kappa shape index (κ1) is 45.6. The third-order valence-corrected chi connectivity index (χ3v) is 12.4. The van der Waals surface area contributed by atoms with Gasteiger partial charge < -0.3 is 21.3 Å². The van der Waals surface area contributed by atoms with Crippen molar-refractivity contribution in [1.82, 2.24) is 14.5 Å². The second kappa shape index (κ2) is 20.3. The normalized spacial score (nSPS) is 19.3. The maximum absolute atomic E-state index is 14.0. The number of aromatic nitrogens is 2. The van der Waals surface area contributed by atoms with E-state index in [0.717, 1.165) is 72.5 Å². The Hall–Kier alpha value is -5.93. The number of nitrogens with one attached hydrogen (secondary N) is 1. The number of Topliss-reactive ketones (excluding diaryl/α,β-unsaturated/α-hetero) is 1. The number of carboxylic acids is 1. The molecular formula is C47H58N6O9. The van der Waals surface area contributed by atoms with E-state index in [9.17, 15) is 28.8 Å². The number of ketones is 1. The van der Waals surface area contributed by atoms with Gasteiger partial charge in [-0.05, 0) is 98.1 Å². The number of nitrogens with two attached hydrogens (primary N) is 2. The van der Waals surface area contributed by atoms with Gasteiger partial charge in [0.1, 0.15) is 6.04 Å². The molecule has 0 radical (unpaired) electrons. The Morgan fingerprint density at radius 3 is 2.29 bits per heavy atom. The van der Waals surface area contributed by atoms with Crippen molar-refractivity contribution in [3.63, 3.8) is 0 Å². The molecule has 1 unspecified atom stereocenters. The average Bonchev–Trinajstić information content (AvgIpc) is 3.71. The number of piperidine rings is 1. The summed E-state index contributed by atoms with van der Waals surface area (Å²) in [6.45, 7) is 3.36. The zero-order chi connectivity index (χ0) is 44.7. The number of aliphatic carboxylic acids is 1. The number of rotatable bonds is 17. The Morgan fingerprint density at radius 1 is 0.903 bits per heavy atom. The zero-order valence-corrected chi connectivity index (χ0v) is 35.8. The molecule has 4 aromatic rings. The number of carbonyl (C=O) groups is 6. The van der Waals surface area contributed by atoms with Gasteiger partial charge in [-0.2, -0.15) is 0 Å². The minimum absolute atomic E-state index is 0.0644. The van der Waals surface area contributed by atoms with Gasteiger partial charge in [0, 0.05) is 39.7 Å². The summed E-state index contributed by atoms with van der Waals surface area (Å²) in [5.74, 6) is -2.56. The third-order valence-electron chi connectivity index (χ3n) is 12.4. The fraction of sp³-hybridized carbons (Fsp3) is 0.468. The Labute approximate surface area is 360 Å². The lowest BCUT2D eigenvalue weighted by Crippen LogP contribution is -2.50. The van der Waals surface area contributed by atoms with Crippen molar-refractivity contribution in [1.29, 1.82) is 0 Å². The van der Waals surface area contributed by atoms with Crippen LogP contribution in [0, 0.1) is 5.92 Å². The molecule has 62 heavy (non-hydrogen) atoms. The molecule has 1 saturated heterocycles. The van der Waals surface area contributed by atoms with Crippen molar-refractivity contribution in [2.45, 2.75) is 128 Å². The number of primary amides is 1. The van der Waals surface area contributed by atoms with Gasteiger partial charge in [0.05, 0.1) is 41.5 Å². The van der Waals surface area contributed by atoms with Gasteiger partial charge in [0.15, 0.2) is 5.78 Å². The monoisotopic (exact) mass is 850 g/mol. The van der Waals surface area contributed by atoms with Crippen LogP contribution in [0.1, 0.15) is 105 Å². The Morgan fingerprint density at radius 2 is 1.58 bits per heavy atom. The van der Waals surface area contributed by atoms with Gasteiger partial charge in [-0.25, -0.2) is 4.79 Å². The lowest BCUT2D eigenvalue weighted by Gasteiger charge is -2.29. The van der Waals surface area contributed by atoms with Gasteiger partial charge >= 0.3 is 5.69 Å². The summed E-state index contributed by atoms with van der Waals surface area (Å²) in [6, 6.07) is 18.1. The second-order valence-corrected chi connectivity index (χ2v) is 16.8. The maximum Gasteiger partial charge on any atom is 0.329 e. The van der Waals surface area contributed by atoms with Crippen LogP contribution in [-0.2, 0) is 72.8 Å². The maximum atomic E-state index is 14.0. The highest BCUT2D eigenvalue weighted by molar-refractivity contribution is 6.07. The first-order valence-corrected chi connectivity index (χ1v) is 21.6. The molecule has 3 aliphatic heterocycles. The fourth-order valence-electron chi connectivity index (χ4n) is 9.07. The first-order valence-electron chi connectivity index (χ1n) is 21.6. The molecule has 4 amide bonds. The van der Waals surface area contributed by atoms with E-state index in [1.807, 2.05) is 43.3 Å². The number of imide groups is 1. The highest BCUT2D eigenvalue weighted by Crippen LogP contribution is 2.40. The standard InChI is InChI=1S/C45H54N6O7.C2H4O2/c1-27(32(19-22-39(47)53)25-38(52)37-24-33-12-6-10-31-18-20-34(46)44(56)51(37)41(31)33)58-26-29-16-14-28(15-17-29)8-4-3-5-9-30-11-7-13-35-42(30)49(2)45(57)50(35)36-21-23-40(54)48-43(36)55;1-2(3)4/h6-7,10-17,27,32,34,36-37H,3-5,8-9,18-26,46H2,1-2H3,(H2,47,53)(H,48,54,55);1H3,(H,3,4)/t27-,32-,34+,36?,37+;/m1./s1. The van der Waals surface area contributed by atoms with E-state index < -0.39 is 35.9 Å². The average molecular weight is 851 g/mol. The minimum Gasteiger partial charge on any atom is -0.481 e. The van der Waals surface area contributed by atoms with Crippen LogP contribution in [0.25, 0.3) is 11.0 Å².